The lowest BCUT2D eigenvalue weighted by molar-refractivity contribution is -0.0256. The molecule has 10 aromatic rings. The first-order valence-corrected chi connectivity index (χ1v) is 35.9. The second-order valence-electron chi connectivity index (χ2n) is 24.2. The Morgan fingerprint density at radius 2 is 1.00 bits per heavy atom. The summed E-state index contributed by atoms with van der Waals surface area (Å²) >= 11 is 5.86. The summed E-state index contributed by atoms with van der Waals surface area (Å²) < 4.78 is 162. The van der Waals surface area contributed by atoms with Crippen molar-refractivity contribution in [2.24, 2.45) is 0 Å². The van der Waals surface area contributed by atoms with E-state index in [4.69, 9.17) is 18.1 Å². The molecule has 2 aliphatic carbocycles. The zero-order chi connectivity index (χ0) is 69.4. The van der Waals surface area contributed by atoms with Gasteiger partial charge in [-0.3, -0.25) is 28.2 Å². The topological polar surface area (TPSA) is 229 Å². The molecule has 0 saturated carbocycles. The van der Waals surface area contributed by atoms with Crippen molar-refractivity contribution in [2.45, 2.75) is 89.3 Å². The van der Waals surface area contributed by atoms with E-state index >= 15 is 0 Å². The molecule has 0 unspecified atom stereocenters. The number of amides is 2. The van der Waals surface area contributed by atoms with Crippen LogP contribution >= 0.6 is 62.6 Å². The van der Waals surface area contributed by atoms with Gasteiger partial charge in [-0.25, -0.2) is 35.6 Å². The van der Waals surface area contributed by atoms with Crippen LogP contribution in [0, 0.1) is 11.6 Å². The Morgan fingerprint density at radius 1 is 0.588 bits per heavy atom. The summed E-state index contributed by atoms with van der Waals surface area (Å²) in [5, 5.41) is 7.05. The van der Waals surface area contributed by atoms with Gasteiger partial charge < -0.3 is 28.8 Å². The van der Waals surface area contributed by atoms with E-state index in [0.29, 0.717) is 95.2 Å². The Balaban J connectivity index is 0.000000169. The minimum atomic E-state index is -3.76. The van der Waals surface area contributed by atoms with Gasteiger partial charge in [0.25, 0.3) is 23.7 Å². The first-order valence-electron chi connectivity index (χ1n) is 29.8. The highest BCUT2D eigenvalue weighted by atomic mass is 127. The predicted octanol–water partition coefficient (Wildman–Crippen LogP) is 14.9. The number of benzene rings is 4. The number of hydrogen-bond donors (Lipinski definition) is 2. The van der Waals surface area contributed by atoms with Crippen molar-refractivity contribution < 1.29 is 70.9 Å². The molecule has 1 saturated heterocycles. The number of aromatic nitrogens is 4. The predicted molar refractivity (Wildman–Crippen MR) is 379 cm³/mol. The number of alkyl halides is 4. The molecule has 4 aromatic carbocycles. The number of thiazole rings is 2. The van der Waals surface area contributed by atoms with E-state index < -0.39 is 73.7 Å². The van der Waals surface area contributed by atoms with Crippen LogP contribution in [-0.4, -0.2) is 108 Å². The van der Waals surface area contributed by atoms with Crippen LogP contribution in [0.3, 0.4) is 0 Å². The maximum atomic E-state index is 14.6. The molecule has 6 aromatic heterocycles. The normalized spacial score (nSPS) is 15.8. The highest BCUT2D eigenvalue weighted by Gasteiger charge is 2.53. The van der Waals surface area contributed by atoms with E-state index in [1.807, 2.05) is 33.8 Å². The van der Waals surface area contributed by atoms with Crippen molar-refractivity contribution in [3.05, 3.63) is 158 Å². The van der Waals surface area contributed by atoms with Crippen LogP contribution in [0.2, 0.25) is 0 Å². The number of nitrogens with one attached hydrogen (secondary N) is 2. The molecular weight excluding hydrogens is 1520 g/mol. The van der Waals surface area contributed by atoms with Gasteiger partial charge in [-0.1, -0.05) is 0 Å². The number of rotatable bonds is 12. The zero-order valence-corrected chi connectivity index (χ0v) is 60.8. The Morgan fingerprint density at radius 3 is 1.43 bits per heavy atom. The number of nitrogens with zero attached hydrogens (tertiary/aromatic N) is 6. The third kappa shape index (κ3) is 14.6. The Labute approximate surface area is 589 Å². The van der Waals surface area contributed by atoms with Crippen LogP contribution in [0.4, 0.5) is 37.7 Å². The van der Waals surface area contributed by atoms with Crippen molar-refractivity contribution in [2.75, 3.05) is 49.3 Å². The van der Waals surface area contributed by atoms with Gasteiger partial charge in [0.2, 0.25) is 20.0 Å². The van der Waals surface area contributed by atoms with Gasteiger partial charge in [0.1, 0.15) is 55.7 Å². The van der Waals surface area contributed by atoms with Crippen molar-refractivity contribution in [1.82, 2.24) is 30.6 Å². The third-order valence-electron chi connectivity index (χ3n) is 17.1. The van der Waals surface area contributed by atoms with Gasteiger partial charge in [0, 0.05) is 142 Å². The molecule has 1 aliphatic heterocycles. The van der Waals surface area contributed by atoms with Gasteiger partial charge in [-0.15, -0.1) is 46.7 Å². The fourth-order valence-electron chi connectivity index (χ4n) is 11.1. The molecule has 2 N–H and O–H groups in total. The molecule has 0 bridgehead atoms. The number of aryl methyl sites for hydroxylation is 2. The molecule has 0 spiro atoms. The highest BCUT2D eigenvalue weighted by molar-refractivity contribution is 14.0. The first kappa shape index (κ1) is 72.5. The van der Waals surface area contributed by atoms with Crippen LogP contribution in [0.1, 0.15) is 95.2 Å². The number of carbonyl (C=O) groups excluding carboxylic acids is 2. The van der Waals surface area contributed by atoms with Crippen LogP contribution in [0.25, 0.3) is 76.9 Å². The lowest BCUT2D eigenvalue weighted by atomic mass is 9.77. The number of fused-ring (bicyclic) bond motifs is 4. The average molecular weight is 1590 g/mol. The number of sulfonamides is 2. The van der Waals surface area contributed by atoms with E-state index in [2.05, 4.69) is 46.5 Å². The molecule has 510 valence electrons. The fourth-order valence-corrected chi connectivity index (χ4v) is 14.8. The zero-order valence-electron chi connectivity index (χ0n) is 53.7. The van der Waals surface area contributed by atoms with E-state index in [1.54, 1.807) is 36.7 Å². The van der Waals surface area contributed by atoms with Crippen molar-refractivity contribution in [3.8, 4) is 54.9 Å². The molecule has 7 heterocycles. The van der Waals surface area contributed by atoms with Crippen molar-refractivity contribution >= 4 is 140 Å². The second-order valence-corrected chi connectivity index (χ2v) is 31.3. The van der Waals surface area contributed by atoms with E-state index in [1.165, 1.54) is 118 Å². The maximum absolute atomic E-state index is 14.6. The second kappa shape index (κ2) is 27.5. The summed E-state index contributed by atoms with van der Waals surface area (Å²) in [5.74, 6) is -7.12. The SMILES string of the molecule is CNC(=O)c1c(-c2ccc(F)cc2)oc2cc(N(C)S(C)(=O)=O)c(-c3cncc(-c4nc5c(s4)CCCC5(F)F)c3)cc12.CNC(=O)c1c(-c2ccc(F)cc2)oc2cc(N(C)S(C)(=O)=O)c(B3OC(C)(C)C(C)(C)O3)cc12.FC1(F)CCCc2sc(-c3cncc(Br)c3)nc21.I. The standard InChI is InChI=1S/C30H25F3N4O4S2.C24H28BFN2O6S.C12H9BrF2N2S.HI/c1-34-28(38)25-21-12-20(17-11-18(15-35-14-17)29-36-27-24(42-29)5-4-10-30(27,32)33)22(37(2)43(3,39)40)13-23(21)41-26(25)16-6-8-19(31)9-7-16;1-23(2)24(3,4)34-25(33-23)17-12-16-19(13-18(17)28(6)35(7,30)31)32-21(20(16)22(29)27-5)14-8-10-15(26)11-9-14;13-8-4-7(5-16-6-8)11-17-10-9(18-11)2-1-3-12(10,14)15;/h6-9,11-15H,4-5,10H2,1-3H3,(H,34,38);8-13H,1-7H3,(H,27,29);4-6H,1-3H2;1H. The highest BCUT2D eigenvalue weighted by Crippen LogP contribution is 2.48. The number of furan rings is 2. The van der Waals surface area contributed by atoms with Crippen LogP contribution in [0.15, 0.2) is 123 Å². The smallest absolute Gasteiger partial charge is 0.455 e. The lowest BCUT2D eigenvalue weighted by Gasteiger charge is -2.32. The van der Waals surface area contributed by atoms with Crippen LogP contribution in [-0.2, 0) is 54.0 Å². The van der Waals surface area contributed by atoms with E-state index in [0.717, 1.165) is 31.2 Å². The minimum Gasteiger partial charge on any atom is -0.455 e. The summed E-state index contributed by atoms with van der Waals surface area (Å²) in [5.41, 5.74) is 3.39. The molecule has 0 atom stereocenters. The van der Waals surface area contributed by atoms with E-state index in [-0.39, 0.29) is 87.7 Å². The summed E-state index contributed by atoms with van der Waals surface area (Å²) in [6.07, 6.45) is 10.3. The monoisotopic (exact) mass is 1590 g/mol. The molecule has 3 aliphatic rings. The quantitative estimate of drug-likeness (QED) is 0.0659. The largest absolute Gasteiger partial charge is 0.497 e. The van der Waals surface area contributed by atoms with Crippen molar-refractivity contribution in [1.29, 1.82) is 0 Å². The average Bonchev–Trinajstić information content (AvgIpc) is 1.61. The Kier molecular flexibility index (Phi) is 20.5. The van der Waals surface area contributed by atoms with E-state index in [9.17, 15) is 52.8 Å². The number of pyridine rings is 2. The molecular formula is C66H63BBrF6IN8O10S4. The first-order chi connectivity index (χ1) is 45.1. The summed E-state index contributed by atoms with van der Waals surface area (Å²) in [7, 11) is -2.54. The molecule has 18 nitrogen and oxygen atoms in total. The van der Waals surface area contributed by atoms with Gasteiger partial charge >= 0.3 is 7.12 Å². The molecule has 1 fully saturated rings. The molecule has 2 amide bonds. The molecule has 97 heavy (non-hydrogen) atoms. The van der Waals surface area contributed by atoms with Crippen LogP contribution < -0.4 is 24.7 Å². The summed E-state index contributed by atoms with van der Waals surface area (Å²) in [4.78, 5) is 44.1. The number of hydrogen-bond acceptors (Lipinski definition) is 16. The van der Waals surface area contributed by atoms with Crippen LogP contribution in [0.5, 0.6) is 0 Å². The van der Waals surface area contributed by atoms with Gasteiger partial charge in [-0.2, -0.15) is 17.6 Å². The Hall–Kier alpha value is -7.27. The third-order valence-corrected chi connectivity index (χ3v) is 22.2. The van der Waals surface area contributed by atoms with Crippen molar-refractivity contribution in [3.63, 3.8) is 0 Å². The summed E-state index contributed by atoms with van der Waals surface area (Å²) in [6, 6.07) is 20.9. The van der Waals surface area contributed by atoms with Gasteiger partial charge in [0.05, 0.1) is 46.2 Å². The molecule has 13 rings (SSSR count). The summed E-state index contributed by atoms with van der Waals surface area (Å²) in [6.45, 7) is 7.58. The fraction of sp³-hybridized carbons (Fsp3) is 0.303. The Bertz CT molecular complexity index is 4920. The minimum absolute atomic E-state index is 0. The number of halogens is 8. The number of carbonyl (C=O) groups is 2. The molecule has 0 radical (unpaired) electrons. The van der Waals surface area contributed by atoms with Gasteiger partial charge in [0.15, 0.2) is 0 Å². The maximum Gasteiger partial charge on any atom is 0.497 e. The number of anilines is 2. The lowest BCUT2D eigenvalue weighted by Crippen LogP contribution is -2.41. The van der Waals surface area contributed by atoms with Gasteiger partial charge in [-0.05, 0) is 142 Å². The molecule has 31 heteroatoms.